The molecule has 5 heteroatoms. The molecule has 124 valence electrons. The molecule has 0 aliphatic carbocycles. The van der Waals surface area contributed by atoms with E-state index in [4.69, 9.17) is 10.5 Å². The third-order valence-electron chi connectivity index (χ3n) is 3.75. The number of para-hydroxylation sites is 1. The zero-order chi connectivity index (χ0) is 16.6. The lowest BCUT2D eigenvalue weighted by molar-refractivity contribution is 0.0676. The van der Waals surface area contributed by atoms with E-state index in [2.05, 4.69) is 14.9 Å². The minimum absolute atomic E-state index is 0.558. The van der Waals surface area contributed by atoms with Gasteiger partial charge in [0.1, 0.15) is 5.84 Å². The smallest absolute Gasteiger partial charge is 0.227 e. The van der Waals surface area contributed by atoms with Crippen LogP contribution in [0.5, 0.6) is 0 Å². The molecule has 1 aliphatic heterocycles. The summed E-state index contributed by atoms with van der Waals surface area (Å²) in [7, 11) is 0. The van der Waals surface area contributed by atoms with Gasteiger partial charge in [0.25, 0.3) is 0 Å². The van der Waals surface area contributed by atoms with E-state index >= 15 is 0 Å². The van der Waals surface area contributed by atoms with Crippen molar-refractivity contribution in [1.82, 2.24) is 4.90 Å². The molecule has 1 heterocycles. The van der Waals surface area contributed by atoms with Crippen molar-refractivity contribution < 1.29 is 4.74 Å². The monoisotopic (exact) mass is 322 g/mol. The van der Waals surface area contributed by atoms with Gasteiger partial charge in [0, 0.05) is 19.5 Å². The van der Waals surface area contributed by atoms with Gasteiger partial charge in [-0.1, -0.05) is 48.5 Å². The van der Waals surface area contributed by atoms with Gasteiger partial charge in [-0.2, -0.15) is 0 Å². The first-order valence-corrected chi connectivity index (χ1v) is 8.14. The van der Waals surface area contributed by atoms with Crippen molar-refractivity contribution >= 4 is 17.5 Å². The standard InChI is InChI=1S/C19H22N4O/c20-18(15-16-7-3-1-4-8-16)22-19(23-11-13-24-14-12-23)21-17-9-5-2-6-10-17/h1-10H,11-15H2,(H2,20,21,22). The Morgan fingerprint density at radius 1 is 0.958 bits per heavy atom. The van der Waals surface area contributed by atoms with E-state index in [1.165, 1.54) is 0 Å². The van der Waals surface area contributed by atoms with Crippen LogP contribution in [0.1, 0.15) is 5.56 Å². The molecule has 2 aromatic carbocycles. The number of amidine groups is 1. The number of guanidine groups is 1. The number of ether oxygens (including phenoxy) is 1. The van der Waals surface area contributed by atoms with Gasteiger partial charge in [-0.3, -0.25) is 0 Å². The van der Waals surface area contributed by atoms with Crippen molar-refractivity contribution in [2.45, 2.75) is 6.42 Å². The molecular weight excluding hydrogens is 300 g/mol. The van der Waals surface area contributed by atoms with Crippen LogP contribution in [0.25, 0.3) is 0 Å². The Morgan fingerprint density at radius 2 is 1.58 bits per heavy atom. The highest BCUT2D eigenvalue weighted by Gasteiger charge is 2.15. The molecule has 24 heavy (non-hydrogen) atoms. The Kier molecular flexibility index (Phi) is 5.58. The highest BCUT2D eigenvalue weighted by atomic mass is 16.5. The molecule has 5 nitrogen and oxygen atoms in total. The number of hydrogen-bond donors (Lipinski definition) is 1. The Bertz CT molecular complexity index is 692. The number of rotatable bonds is 3. The zero-order valence-corrected chi connectivity index (χ0v) is 13.6. The van der Waals surface area contributed by atoms with Crippen LogP contribution in [-0.4, -0.2) is 43.0 Å². The Labute approximate surface area is 142 Å². The van der Waals surface area contributed by atoms with Crippen LogP contribution in [0.2, 0.25) is 0 Å². The van der Waals surface area contributed by atoms with E-state index in [0.717, 1.165) is 24.3 Å². The molecule has 0 saturated carbocycles. The van der Waals surface area contributed by atoms with E-state index in [1.807, 2.05) is 60.7 Å². The maximum Gasteiger partial charge on any atom is 0.227 e. The predicted molar refractivity (Wildman–Crippen MR) is 97.7 cm³/mol. The average Bonchev–Trinajstić information content (AvgIpc) is 2.63. The molecule has 0 spiro atoms. The normalized spacial score (nSPS) is 16.2. The summed E-state index contributed by atoms with van der Waals surface area (Å²) in [4.78, 5) is 11.4. The number of nitrogens with zero attached hydrogens (tertiary/aromatic N) is 3. The van der Waals surface area contributed by atoms with Crippen LogP contribution in [-0.2, 0) is 11.2 Å². The Hall–Kier alpha value is -2.66. The first-order valence-electron chi connectivity index (χ1n) is 8.14. The van der Waals surface area contributed by atoms with E-state index in [0.29, 0.717) is 31.4 Å². The molecule has 0 radical (unpaired) electrons. The van der Waals surface area contributed by atoms with E-state index in [9.17, 15) is 0 Å². The molecule has 1 saturated heterocycles. The molecule has 0 amide bonds. The van der Waals surface area contributed by atoms with Crippen LogP contribution in [0.4, 0.5) is 5.69 Å². The van der Waals surface area contributed by atoms with Crippen molar-refractivity contribution in [3.8, 4) is 0 Å². The third kappa shape index (κ3) is 4.67. The van der Waals surface area contributed by atoms with E-state index in [1.54, 1.807) is 0 Å². The minimum Gasteiger partial charge on any atom is -0.387 e. The first kappa shape index (κ1) is 16.2. The maximum atomic E-state index is 6.18. The van der Waals surface area contributed by atoms with Gasteiger partial charge in [0.15, 0.2) is 0 Å². The minimum atomic E-state index is 0.558. The summed E-state index contributed by atoms with van der Waals surface area (Å²) in [6, 6.07) is 19.9. The second-order valence-corrected chi connectivity index (χ2v) is 5.61. The number of hydrogen-bond acceptors (Lipinski definition) is 2. The van der Waals surface area contributed by atoms with E-state index < -0.39 is 0 Å². The van der Waals surface area contributed by atoms with Crippen molar-refractivity contribution in [3.63, 3.8) is 0 Å². The fourth-order valence-corrected chi connectivity index (χ4v) is 2.52. The van der Waals surface area contributed by atoms with Crippen molar-refractivity contribution in [1.29, 1.82) is 0 Å². The molecule has 0 bridgehead atoms. The summed E-state index contributed by atoms with van der Waals surface area (Å²) in [6.07, 6.45) is 0.610. The molecular formula is C19H22N4O. The van der Waals surface area contributed by atoms with Gasteiger partial charge in [-0.15, -0.1) is 0 Å². The summed E-state index contributed by atoms with van der Waals surface area (Å²) in [5.74, 6) is 1.21. The number of aliphatic imine (C=N–C) groups is 2. The SMILES string of the molecule is NC(Cc1ccccc1)=NC(=Nc1ccccc1)N1CCOCC1. The van der Waals surface area contributed by atoms with Crippen LogP contribution in [0.3, 0.4) is 0 Å². The maximum absolute atomic E-state index is 6.18. The quantitative estimate of drug-likeness (QED) is 0.698. The highest BCUT2D eigenvalue weighted by Crippen LogP contribution is 2.13. The average molecular weight is 322 g/mol. The summed E-state index contributed by atoms with van der Waals surface area (Å²) in [5.41, 5.74) is 8.19. The first-order chi connectivity index (χ1) is 11.8. The largest absolute Gasteiger partial charge is 0.387 e. The zero-order valence-electron chi connectivity index (χ0n) is 13.6. The predicted octanol–water partition coefficient (Wildman–Crippen LogP) is 2.61. The Morgan fingerprint density at radius 3 is 2.25 bits per heavy atom. The summed E-state index contributed by atoms with van der Waals surface area (Å²) in [6.45, 7) is 2.91. The lowest BCUT2D eigenvalue weighted by Crippen LogP contribution is -2.40. The number of benzene rings is 2. The fourth-order valence-electron chi connectivity index (χ4n) is 2.52. The van der Waals surface area contributed by atoms with Crippen molar-refractivity contribution in [2.24, 2.45) is 15.7 Å². The number of nitrogens with two attached hydrogens (primary N) is 1. The lowest BCUT2D eigenvalue weighted by atomic mass is 10.1. The summed E-state index contributed by atoms with van der Waals surface area (Å²) in [5, 5.41) is 0. The second-order valence-electron chi connectivity index (χ2n) is 5.61. The number of morpholine rings is 1. The lowest BCUT2D eigenvalue weighted by Gasteiger charge is -2.27. The van der Waals surface area contributed by atoms with Gasteiger partial charge in [0.2, 0.25) is 5.96 Å². The molecule has 1 aliphatic rings. The highest BCUT2D eigenvalue weighted by molar-refractivity contribution is 5.97. The molecule has 2 N–H and O–H groups in total. The van der Waals surface area contributed by atoms with Gasteiger partial charge in [0.05, 0.1) is 18.9 Å². The van der Waals surface area contributed by atoms with Crippen molar-refractivity contribution in [3.05, 3.63) is 66.2 Å². The van der Waals surface area contributed by atoms with Crippen LogP contribution in [0.15, 0.2) is 70.6 Å². The van der Waals surface area contributed by atoms with Crippen LogP contribution in [0, 0.1) is 0 Å². The van der Waals surface area contributed by atoms with Crippen molar-refractivity contribution in [2.75, 3.05) is 26.3 Å². The molecule has 2 aromatic rings. The van der Waals surface area contributed by atoms with Gasteiger partial charge in [-0.05, 0) is 17.7 Å². The molecule has 1 fully saturated rings. The van der Waals surface area contributed by atoms with Gasteiger partial charge < -0.3 is 15.4 Å². The van der Waals surface area contributed by atoms with Crippen LogP contribution < -0.4 is 5.73 Å². The second kappa shape index (κ2) is 8.26. The van der Waals surface area contributed by atoms with Crippen LogP contribution >= 0.6 is 0 Å². The molecule has 3 rings (SSSR count). The topological polar surface area (TPSA) is 63.2 Å². The summed E-state index contributed by atoms with van der Waals surface area (Å²) < 4.78 is 5.42. The van der Waals surface area contributed by atoms with Gasteiger partial charge >= 0.3 is 0 Å². The molecule has 0 atom stereocenters. The third-order valence-corrected chi connectivity index (χ3v) is 3.75. The molecule has 0 aromatic heterocycles. The molecule has 0 unspecified atom stereocenters. The summed E-state index contributed by atoms with van der Waals surface area (Å²) >= 11 is 0. The van der Waals surface area contributed by atoms with E-state index in [-0.39, 0.29) is 0 Å². The Balaban J connectivity index is 1.83. The fraction of sp³-hybridized carbons (Fsp3) is 0.263. The van der Waals surface area contributed by atoms with Gasteiger partial charge in [-0.25, -0.2) is 9.98 Å².